The topological polar surface area (TPSA) is 49.2 Å². The summed E-state index contributed by atoms with van der Waals surface area (Å²) in [4.78, 5) is 11.8. The predicted molar refractivity (Wildman–Crippen MR) is 86.9 cm³/mol. The first-order valence-electron chi connectivity index (χ1n) is 7.90. The van der Waals surface area contributed by atoms with Gasteiger partial charge in [0.25, 0.3) is 0 Å². The molecule has 4 nitrogen and oxygen atoms in total. The molecule has 1 unspecified atom stereocenters. The Bertz CT molecular complexity index is 467. The molecule has 0 aliphatic carbocycles. The van der Waals surface area contributed by atoms with Gasteiger partial charge in [0.2, 0.25) is 0 Å². The third kappa shape index (κ3) is 3.94. The summed E-state index contributed by atoms with van der Waals surface area (Å²) in [6, 6.07) is 2.09. The van der Waals surface area contributed by atoms with Gasteiger partial charge >= 0.3 is 0 Å². The van der Waals surface area contributed by atoms with Crippen molar-refractivity contribution in [1.29, 1.82) is 0 Å². The summed E-state index contributed by atoms with van der Waals surface area (Å²) >= 11 is 0. The van der Waals surface area contributed by atoms with Crippen LogP contribution in [-0.4, -0.2) is 34.3 Å². The predicted octanol–water partition coefficient (Wildman–Crippen LogP) is 3.03. The number of aliphatic hydroxyl groups is 1. The molecule has 2 heterocycles. The molecule has 1 saturated heterocycles. The lowest BCUT2D eigenvalue weighted by Gasteiger charge is -2.33. The normalized spacial score (nSPS) is 20.7. The molecule has 1 fully saturated rings. The number of anilines is 1. The highest BCUT2D eigenvalue weighted by molar-refractivity contribution is 5.42. The Kier molecular flexibility index (Phi) is 4.29. The fraction of sp³-hybridized carbons (Fsp3) is 0.765. The Balaban J connectivity index is 2.45. The fourth-order valence-electron chi connectivity index (χ4n) is 2.48. The molecule has 0 amide bonds. The van der Waals surface area contributed by atoms with E-state index in [1.807, 2.05) is 0 Å². The highest BCUT2D eigenvalue weighted by atomic mass is 16.3. The molecular formula is C17H29N3O. The van der Waals surface area contributed by atoms with Gasteiger partial charge in [-0.25, -0.2) is 9.97 Å². The maximum atomic E-state index is 9.91. The Morgan fingerprint density at radius 1 is 1.10 bits per heavy atom. The molecule has 1 aromatic rings. The van der Waals surface area contributed by atoms with Crippen LogP contribution in [0, 0.1) is 0 Å². The molecule has 2 rings (SSSR count). The molecule has 0 spiro atoms. The number of aromatic nitrogens is 2. The SMILES string of the molecule is CC(C)(C)c1cc(N2CCCC(O)C2)nc(C(C)(C)C)n1. The average Bonchev–Trinajstić information content (AvgIpc) is 2.36. The maximum Gasteiger partial charge on any atom is 0.136 e. The Morgan fingerprint density at radius 2 is 1.76 bits per heavy atom. The van der Waals surface area contributed by atoms with E-state index in [2.05, 4.69) is 52.5 Å². The summed E-state index contributed by atoms with van der Waals surface area (Å²) in [5.41, 5.74) is 0.980. The minimum absolute atomic E-state index is 0.00784. The van der Waals surface area contributed by atoms with E-state index >= 15 is 0 Å². The molecule has 0 radical (unpaired) electrons. The molecule has 0 aromatic carbocycles. The Labute approximate surface area is 128 Å². The van der Waals surface area contributed by atoms with Crippen LogP contribution in [0.15, 0.2) is 6.07 Å². The number of hydrogen-bond donors (Lipinski definition) is 1. The fourth-order valence-corrected chi connectivity index (χ4v) is 2.48. The van der Waals surface area contributed by atoms with Crippen molar-refractivity contribution in [3.63, 3.8) is 0 Å². The van der Waals surface area contributed by atoms with Gasteiger partial charge in [0.1, 0.15) is 11.6 Å². The summed E-state index contributed by atoms with van der Waals surface area (Å²) in [6.45, 7) is 14.6. The summed E-state index contributed by atoms with van der Waals surface area (Å²) in [5, 5.41) is 9.91. The molecular weight excluding hydrogens is 262 g/mol. The van der Waals surface area contributed by atoms with Gasteiger partial charge in [0.05, 0.1) is 11.8 Å². The van der Waals surface area contributed by atoms with Crippen LogP contribution in [-0.2, 0) is 10.8 Å². The van der Waals surface area contributed by atoms with Crippen molar-refractivity contribution < 1.29 is 5.11 Å². The van der Waals surface area contributed by atoms with Crippen LogP contribution in [0.5, 0.6) is 0 Å². The molecule has 0 saturated carbocycles. The smallest absolute Gasteiger partial charge is 0.136 e. The van der Waals surface area contributed by atoms with E-state index in [9.17, 15) is 5.11 Å². The van der Waals surface area contributed by atoms with Crippen LogP contribution < -0.4 is 4.90 Å². The quantitative estimate of drug-likeness (QED) is 0.864. The molecule has 1 N–H and O–H groups in total. The van der Waals surface area contributed by atoms with Gasteiger partial charge in [-0.05, 0) is 12.8 Å². The van der Waals surface area contributed by atoms with Crippen molar-refractivity contribution in [2.75, 3.05) is 18.0 Å². The van der Waals surface area contributed by atoms with E-state index in [4.69, 9.17) is 9.97 Å². The standard InChI is InChI=1S/C17H29N3O/c1-16(2,3)13-10-14(19-15(18-13)17(4,5)6)20-9-7-8-12(21)11-20/h10,12,21H,7-9,11H2,1-6H3. The van der Waals surface area contributed by atoms with E-state index < -0.39 is 0 Å². The van der Waals surface area contributed by atoms with E-state index in [-0.39, 0.29) is 16.9 Å². The summed E-state index contributed by atoms with van der Waals surface area (Å²) in [5.74, 6) is 1.84. The summed E-state index contributed by atoms with van der Waals surface area (Å²) in [7, 11) is 0. The van der Waals surface area contributed by atoms with Gasteiger partial charge < -0.3 is 10.0 Å². The maximum absolute atomic E-state index is 9.91. The molecule has 1 aliphatic heterocycles. The van der Waals surface area contributed by atoms with Gasteiger partial charge in [0, 0.05) is 30.0 Å². The second-order valence-corrected chi connectivity index (χ2v) is 8.18. The van der Waals surface area contributed by atoms with Crippen molar-refractivity contribution in [3.05, 3.63) is 17.6 Å². The minimum Gasteiger partial charge on any atom is -0.391 e. The van der Waals surface area contributed by atoms with Crippen LogP contribution in [0.1, 0.15) is 65.9 Å². The number of aliphatic hydroxyl groups excluding tert-OH is 1. The Morgan fingerprint density at radius 3 is 2.29 bits per heavy atom. The van der Waals surface area contributed by atoms with Gasteiger partial charge in [-0.2, -0.15) is 0 Å². The van der Waals surface area contributed by atoms with E-state index in [1.54, 1.807) is 0 Å². The van der Waals surface area contributed by atoms with Crippen molar-refractivity contribution in [2.45, 2.75) is 71.3 Å². The zero-order valence-corrected chi connectivity index (χ0v) is 14.3. The zero-order valence-electron chi connectivity index (χ0n) is 14.3. The molecule has 0 bridgehead atoms. The Hall–Kier alpha value is -1.16. The molecule has 21 heavy (non-hydrogen) atoms. The molecule has 1 aliphatic rings. The van der Waals surface area contributed by atoms with E-state index in [0.29, 0.717) is 6.54 Å². The lowest BCUT2D eigenvalue weighted by molar-refractivity contribution is 0.154. The van der Waals surface area contributed by atoms with Crippen LogP contribution in [0.3, 0.4) is 0 Å². The lowest BCUT2D eigenvalue weighted by atomic mass is 9.90. The number of piperidine rings is 1. The summed E-state index contributed by atoms with van der Waals surface area (Å²) in [6.07, 6.45) is 1.66. The molecule has 1 aromatic heterocycles. The zero-order chi connectivity index (χ0) is 15.8. The van der Waals surface area contributed by atoms with Crippen molar-refractivity contribution in [2.24, 2.45) is 0 Å². The third-order valence-electron chi connectivity index (χ3n) is 3.87. The third-order valence-corrected chi connectivity index (χ3v) is 3.87. The highest BCUT2D eigenvalue weighted by Crippen LogP contribution is 2.29. The van der Waals surface area contributed by atoms with Crippen LogP contribution in [0.4, 0.5) is 5.82 Å². The molecule has 4 heteroatoms. The number of β-amino-alcohol motifs (C(OH)–C–C–N with tert-alkyl or cyclic N) is 1. The van der Waals surface area contributed by atoms with Crippen LogP contribution in [0.2, 0.25) is 0 Å². The minimum atomic E-state index is -0.245. The molecule has 118 valence electrons. The second kappa shape index (κ2) is 5.56. The lowest BCUT2D eigenvalue weighted by Crippen LogP contribution is -2.39. The van der Waals surface area contributed by atoms with Crippen molar-refractivity contribution >= 4 is 5.82 Å². The summed E-state index contributed by atoms with van der Waals surface area (Å²) < 4.78 is 0. The number of nitrogens with zero attached hydrogens (tertiary/aromatic N) is 3. The average molecular weight is 291 g/mol. The molecule has 1 atom stereocenters. The van der Waals surface area contributed by atoms with E-state index in [1.165, 1.54) is 0 Å². The van der Waals surface area contributed by atoms with E-state index in [0.717, 1.165) is 36.7 Å². The van der Waals surface area contributed by atoms with Gasteiger partial charge in [-0.15, -0.1) is 0 Å². The first-order chi connectivity index (χ1) is 9.57. The van der Waals surface area contributed by atoms with Gasteiger partial charge in [-0.3, -0.25) is 0 Å². The van der Waals surface area contributed by atoms with Crippen LogP contribution >= 0.6 is 0 Å². The van der Waals surface area contributed by atoms with Gasteiger partial charge in [-0.1, -0.05) is 41.5 Å². The number of rotatable bonds is 1. The van der Waals surface area contributed by atoms with Crippen molar-refractivity contribution in [1.82, 2.24) is 9.97 Å². The first kappa shape index (κ1) is 16.2. The monoisotopic (exact) mass is 291 g/mol. The first-order valence-corrected chi connectivity index (χ1v) is 7.90. The van der Waals surface area contributed by atoms with Crippen molar-refractivity contribution in [3.8, 4) is 0 Å². The highest BCUT2D eigenvalue weighted by Gasteiger charge is 2.26. The largest absolute Gasteiger partial charge is 0.391 e. The van der Waals surface area contributed by atoms with Crippen LogP contribution in [0.25, 0.3) is 0 Å². The second-order valence-electron chi connectivity index (χ2n) is 8.18. The number of hydrogen-bond acceptors (Lipinski definition) is 4. The van der Waals surface area contributed by atoms with Gasteiger partial charge in [0.15, 0.2) is 0 Å².